The van der Waals surface area contributed by atoms with Crippen LogP contribution < -0.4 is 10.1 Å². The molecule has 0 atom stereocenters. The summed E-state index contributed by atoms with van der Waals surface area (Å²) in [4.78, 5) is 0.137. The lowest BCUT2D eigenvalue weighted by molar-refractivity contribution is 0.402. The average molecular weight is 264 g/mol. The molecule has 0 saturated heterocycles. The molecule has 0 heterocycles. The van der Waals surface area contributed by atoms with Crippen molar-refractivity contribution in [3.63, 3.8) is 0 Å². The fourth-order valence-corrected chi connectivity index (χ4v) is 2.93. The van der Waals surface area contributed by atoms with Crippen molar-refractivity contribution in [2.24, 2.45) is 0 Å². The first-order valence-electron chi connectivity index (χ1n) is 4.72. The standard InChI is InChI=1S/C10H14ClNO3S/c1-12-5-6-16(13,14)10-7-8(11)3-4-9(10)15-2/h3-4,7,12H,5-6H2,1-2H3. The van der Waals surface area contributed by atoms with Crippen LogP contribution in [0.5, 0.6) is 5.75 Å². The molecule has 1 aromatic carbocycles. The number of ether oxygens (including phenoxy) is 1. The lowest BCUT2D eigenvalue weighted by atomic mass is 10.3. The van der Waals surface area contributed by atoms with Crippen molar-refractivity contribution >= 4 is 21.4 Å². The summed E-state index contributed by atoms with van der Waals surface area (Å²) in [6, 6.07) is 4.55. The molecule has 0 amide bonds. The maximum Gasteiger partial charge on any atom is 0.183 e. The first-order valence-corrected chi connectivity index (χ1v) is 6.75. The van der Waals surface area contributed by atoms with Gasteiger partial charge in [0.2, 0.25) is 0 Å². The number of benzene rings is 1. The number of halogens is 1. The van der Waals surface area contributed by atoms with E-state index in [-0.39, 0.29) is 10.6 Å². The molecular formula is C10H14ClNO3S. The third kappa shape index (κ3) is 3.10. The van der Waals surface area contributed by atoms with Crippen LogP contribution in [0.2, 0.25) is 5.02 Å². The number of sulfone groups is 1. The molecule has 0 aliphatic carbocycles. The smallest absolute Gasteiger partial charge is 0.183 e. The monoisotopic (exact) mass is 263 g/mol. The molecular weight excluding hydrogens is 250 g/mol. The zero-order valence-corrected chi connectivity index (χ0v) is 10.7. The van der Waals surface area contributed by atoms with Crippen LogP contribution in [0.3, 0.4) is 0 Å². The highest BCUT2D eigenvalue weighted by Crippen LogP contribution is 2.27. The largest absolute Gasteiger partial charge is 0.495 e. The zero-order chi connectivity index (χ0) is 12.2. The Hall–Kier alpha value is -0.780. The maximum absolute atomic E-state index is 11.9. The molecule has 90 valence electrons. The van der Waals surface area contributed by atoms with E-state index >= 15 is 0 Å². The SMILES string of the molecule is CNCCS(=O)(=O)c1cc(Cl)ccc1OC. The number of hydrogen-bond donors (Lipinski definition) is 1. The molecule has 0 aliphatic rings. The van der Waals surface area contributed by atoms with Crippen LogP contribution in [0.25, 0.3) is 0 Å². The van der Waals surface area contributed by atoms with Gasteiger partial charge in [-0.2, -0.15) is 0 Å². The molecule has 0 aromatic heterocycles. The van der Waals surface area contributed by atoms with Gasteiger partial charge in [0.15, 0.2) is 9.84 Å². The molecule has 1 N–H and O–H groups in total. The van der Waals surface area contributed by atoms with Crippen molar-refractivity contribution in [1.82, 2.24) is 5.32 Å². The Morgan fingerprint density at radius 3 is 2.69 bits per heavy atom. The lowest BCUT2D eigenvalue weighted by Crippen LogP contribution is -2.19. The average Bonchev–Trinajstić information content (AvgIpc) is 2.26. The number of rotatable bonds is 5. The van der Waals surface area contributed by atoms with E-state index in [4.69, 9.17) is 16.3 Å². The van der Waals surface area contributed by atoms with E-state index in [1.165, 1.54) is 13.2 Å². The summed E-state index contributed by atoms with van der Waals surface area (Å²) in [5, 5.41) is 3.17. The van der Waals surface area contributed by atoms with Gasteiger partial charge >= 0.3 is 0 Å². The van der Waals surface area contributed by atoms with Crippen LogP contribution in [-0.2, 0) is 9.84 Å². The molecule has 0 spiro atoms. The molecule has 0 unspecified atom stereocenters. The van der Waals surface area contributed by atoms with Crippen LogP contribution in [0.4, 0.5) is 0 Å². The Kier molecular flexibility index (Phi) is 4.58. The lowest BCUT2D eigenvalue weighted by Gasteiger charge is -2.09. The molecule has 6 heteroatoms. The van der Waals surface area contributed by atoms with Crippen LogP contribution in [0.15, 0.2) is 23.1 Å². The zero-order valence-electron chi connectivity index (χ0n) is 9.16. The predicted molar refractivity (Wildman–Crippen MR) is 64.0 cm³/mol. The highest BCUT2D eigenvalue weighted by molar-refractivity contribution is 7.91. The minimum atomic E-state index is -3.36. The molecule has 16 heavy (non-hydrogen) atoms. The van der Waals surface area contributed by atoms with E-state index in [9.17, 15) is 8.42 Å². The van der Waals surface area contributed by atoms with Gasteiger partial charge in [0.25, 0.3) is 0 Å². The Balaban J connectivity index is 3.15. The van der Waals surface area contributed by atoms with Gasteiger partial charge in [-0.1, -0.05) is 11.6 Å². The van der Waals surface area contributed by atoms with E-state index in [2.05, 4.69) is 5.32 Å². The number of hydrogen-bond acceptors (Lipinski definition) is 4. The van der Waals surface area contributed by atoms with Crippen LogP contribution in [0.1, 0.15) is 0 Å². The second-order valence-corrected chi connectivity index (χ2v) is 5.73. The minimum absolute atomic E-state index is 0.0141. The van der Waals surface area contributed by atoms with Gasteiger partial charge in [-0.25, -0.2) is 8.42 Å². The third-order valence-electron chi connectivity index (χ3n) is 2.08. The first kappa shape index (κ1) is 13.3. The van der Waals surface area contributed by atoms with Gasteiger partial charge in [0.05, 0.1) is 12.9 Å². The summed E-state index contributed by atoms with van der Waals surface area (Å²) in [5.41, 5.74) is 0. The molecule has 0 bridgehead atoms. The second kappa shape index (κ2) is 5.52. The third-order valence-corrected chi connectivity index (χ3v) is 4.05. The minimum Gasteiger partial charge on any atom is -0.495 e. The Bertz CT molecular complexity index is 459. The normalized spacial score (nSPS) is 11.4. The van der Waals surface area contributed by atoms with Gasteiger partial charge < -0.3 is 10.1 Å². The molecule has 0 radical (unpaired) electrons. The van der Waals surface area contributed by atoms with Crippen molar-refractivity contribution < 1.29 is 13.2 Å². The van der Waals surface area contributed by atoms with Crippen LogP contribution >= 0.6 is 11.6 Å². The molecule has 1 rings (SSSR count). The Labute approximate surface area is 100 Å². The summed E-state index contributed by atoms with van der Waals surface area (Å²) >= 11 is 5.78. The quantitative estimate of drug-likeness (QED) is 0.871. The van der Waals surface area contributed by atoms with Gasteiger partial charge in [0.1, 0.15) is 10.6 Å². The summed E-state index contributed by atoms with van der Waals surface area (Å²) in [7, 11) is -0.230. The van der Waals surface area contributed by atoms with Crippen LogP contribution in [0, 0.1) is 0 Å². The van der Waals surface area contributed by atoms with Gasteiger partial charge in [-0.05, 0) is 25.2 Å². The van der Waals surface area contributed by atoms with Crippen LogP contribution in [-0.4, -0.2) is 34.9 Å². The molecule has 4 nitrogen and oxygen atoms in total. The molecule has 0 saturated carbocycles. The van der Waals surface area contributed by atoms with Gasteiger partial charge in [0, 0.05) is 11.6 Å². The van der Waals surface area contributed by atoms with Gasteiger partial charge in [-0.3, -0.25) is 0 Å². The summed E-state index contributed by atoms with van der Waals surface area (Å²) in [6.07, 6.45) is 0. The topological polar surface area (TPSA) is 55.4 Å². The Morgan fingerprint density at radius 1 is 1.44 bits per heavy atom. The van der Waals surface area contributed by atoms with Crippen molar-refractivity contribution in [3.8, 4) is 5.75 Å². The second-order valence-electron chi connectivity index (χ2n) is 3.22. The summed E-state index contributed by atoms with van der Waals surface area (Å²) in [5.74, 6) is 0.334. The molecule has 0 aliphatic heterocycles. The highest BCUT2D eigenvalue weighted by Gasteiger charge is 2.19. The van der Waals surface area contributed by atoms with Crippen molar-refractivity contribution in [2.45, 2.75) is 4.90 Å². The fourth-order valence-electron chi connectivity index (χ4n) is 1.24. The van der Waals surface area contributed by atoms with Crippen molar-refractivity contribution in [2.75, 3.05) is 26.5 Å². The van der Waals surface area contributed by atoms with E-state index in [0.717, 1.165) is 0 Å². The summed E-state index contributed by atoms with van der Waals surface area (Å²) < 4.78 is 28.9. The molecule has 0 fully saturated rings. The summed E-state index contributed by atoms with van der Waals surface area (Å²) in [6.45, 7) is 0.387. The van der Waals surface area contributed by atoms with E-state index in [1.807, 2.05) is 0 Å². The van der Waals surface area contributed by atoms with E-state index in [1.54, 1.807) is 19.2 Å². The van der Waals surface area contributed by atoms with E-state index < -0.39 is 9.84 Å². The number of methoxy groups -OCH3 is 1. The molecule has 1 aromatic rings. The van der Waals surface area contributed by atoms with Gasteiger partial charge in [-0.15, -0.1) is 0 Å². The Morgan fingerprint density at radius 2 is 2.12 bits per heavy atom. The fraction of sp³-hybridized carbons (Fsp3) is 0.400. The predicted octanol–water partition coefficient (Wildman–Crippen LogP) is 1.34. The van der Waals surface area contributed by atoms with E-state index in [0.29, 0.717) is 17.3 Å². The first-order chi connectivity index (χ1) is 7.51. The highest BCUT2D eigenvalue weighted by atomic mass is 35.5. The maximum atomic E-state index is 11.9. The van der Waals surface area contributed by atoms with Crippen molar-refractivity contribution in [1.29, 1.82) is 0 Å². The van der Waals surface area contributed by atoms with Crippen molar-refractivity contribution in [3.05, 3.63) is 23.2 Å². The number of nitrogens with one attached hydrogen (secondary N) is 1.